The van der Waals surface area contributed by atoms with Crippen LogP contribution in [0.4, 0.5) is 0 Å². The predicted molar refractivity (Wildman–Crippen MR) is 64.7 cm³/mol. The predicted octanol–water partition coefficient (Wildman–Crippen LogP) is 2.20. The first-order chi connectivity index (χ1) is 7.22. The van der Waals surface area contributed by atoms with Gasteiger partial charge in [-0.1, -0.05) is 46.0 Å². The average Bonchev–Trinajstić information content (AvgIpc) is 2.26. The van der Waals surface area contributed by atoms with E-state index in [4.69, 9.17) is 5.73 Å². The lowest BCUT2D eigenvalue weighted by atomic mass is 10.1. The van der Waals surface area contributed by atoms with Gasteiger partial charge in [0.2, 0.25) is 5.91 Å². The number of amides is 1. The highest BCUT2D eigenvalue weighted by atomic mass is 16.2. The van der Waals surface area contributed by atoms with Crippen LogP contribution in [-0.2, 0) is 4.79 Å². The third-order valence-electron chi connectivity index (χ3n) is 2.61. The van der Waals surface area contributed by atoms with Crippen LogP contribution in [0.3, 0.4) is 0 Å². The second-order valence-corrected chi connectivity index (χ2v) is 4.07. The molecular weight excluding hydrogens is 188 g/mol. The van der Waals surface area contributed by atoms with Crippen LogP contribution in [0.5, 0.6) is 0 Å². The Morgan fingerprint density at radius 1 is 1.13 bits per heavy atom. The van der Waals surface area contributed by atoms with Crippen LogP contribution in [0, 0.1) is 0 Å². The molecule has 0 fully saturated rings. The lowest BCUT2D eigenvalue weighted by Crippen LogP contribution is -2.40. The number of carbonyl (C=O) groups is 1. The van der Waals surface area contributed by atoms with E-state index in [9.17, 15) is 4.79 Å². The Kier molecular flexibility index (Phi) is 9.59. The van der Waals surface area contributed by atoms with E-state index < -0.39 is 0 Å². The number of carbonyl (C=O) groups excluding carboxylic acids is 1. The first-order valence-electron chi connectivity index (χ1n) is 6.25. The van der Waals surface area contributed by atoms with E-state index in [0.29, 0.717) is 6.42 Å². The van der Waals surface area contributed by atoms with Crippen LogP contribution >= 0.6 is 0 Å². The summed E-state index contributed by atoms with van der Waals surface area (Å²) < 4.78 is 0. The molecule has 3 N–H and O–H groups in total. The van der Waals surface area contributed by atoms with Gasteiger partial charge in [0.15, 0.2) is 0 Å². The monoisotopic (exact) mass is 214 g/mol. The van der Waals surface area contributed by atoms with Crippen molar-refractivity contribution in [1.29, 1.82) is 0 Å². The second kappa shape index (κ2) is 9.97. The molecule has 1 amide bonds. The van der Waals surface area contributed by atoms with Gasteiger partial charge in [-0.3, -0.25) is 4.79 Å². The minimum Gasteiger partial charge on any atom is -0.355 e. The van der Waals surface area contributed by atoms with Crippen molar-refractivity contribution >= 4 is 5.91 Å². The van der Waals surface area contributed by atoms with Crippen molar-refractivity contribution in [3.63, 3.8) is 0 Å². The molecule has 0 saturated heterocycles. The van der Waals surface area contributed by atoms with Crippen molar-refractivity contribution < 1.29 is 4.79 Å². The number of hydrogen-bond donors (Lipinski definition) is 2. The maximum Gasteiger partial charge on any atom is 0.236 e. The van der Waals surface area contributed by atoms with Gasteiger partial charge in [-0.25, -0.2) is 0 Å². The molecule has 0 aliphatic rings. The number of unbranched alkanes of at least 4 members (excludes halogenated alkanes) is 5. The van der Waals surface area contributed by atoms with Crippen molar-refractivity contribution in [1.82, 2.24) is 5.32 Å². The lowest BCUT2D eigenvalue weighted by molar-refractivity contribution is -0.122. The Hall–Kier alpha value is -0.570. The molecule has 15 heavy (non-hydrogen) atoms. The quantitative estimate of drug-likeness (QED) is 0.578. The molecule has 0 saturated carbocycles. The summed E-state index contributed by atoms with van der Waals surface area (Å²) in [6.45, 7) is 4.92. The maximum absolute atomic E-state index is 11.3. The third kappa shape index (κ3) is 8.43. The van der Waals surface area contributed by atoms with E-state index in [1.165, 1.54) is 32.1 Å². The molecule has 0 aliphatic carbocycles. The average molecular weight is 214 g/mol. The molecule has 0 spiro atoms. The van der Waals surface area contributed by atoms with Crippen LogP contribution in [0.2, 0.25) is 0 Å². The summed E-state index contributed by atoms with van der Waals surface area (Å²) in [5.41, 5.74) is 5.58. The summed E-state index contributed by atoms with van der Waals surface area (Å²) in [5, 5.41) is 2.86. The summed E-state index contributed by atoms with van der Waals surface area (Å²) >= 11 is 0. The fourth-order valence-corrected chi connectivity index (χ4v) is 1.43. The Morgan fingerprint density at radius 3 is 2.33 bits per heavy atom. The molecule has 90 valence electrons. The van der Waals surface area contributed by atoms with Gasteiger partial charge in [-0.2, -0.15) is 0 Å². The third-order valence-corrected chi connectivity index (χ3v) is 2.61. The second-order valence-electron chi connectivity index (χ2n) is 4.07. The van der Waals surface area contributed by atoms with Crippen molar-refractivity contribution in [2.75, 3.05) is 6.54 Å². The van der Waals surface area contributed by atoms with Gasteiger partial charge < -0.3 is 11.1 Å². The molecule has 0 rings (SSSR count). The standard InChI is InChI=1S/C12H26N2O/c1-3-5-6-7-8-9-10-14-12(15)11(13)4-2/h11H,3-10,13H2,1-2H3,(H,14,15). The topological polar surface area (TPSA) is 55.1 Å². The van der Waals surface area contributed by atoms with Crippen molar-refractivity contribution in [2.24, 2.45) is 5.73 Å². The number of rotatable bonds is 9. The molecule has 0 aromatic heterocycles. The van der Waals surface area contributed by atoms with E-state index in [0.717, 1.165) is 13.0 Å². The van der Waals surface area contributed by atoms with Crippen LogP contribution in [0.1, 0.15) is 58.8 Å². The zero-order valence-electron chi connectivity index (χ0n) is 10.2. The highest BCUT2D eigenvalue weighted by Crippen LogP contribution is 2.04. The van der Waals surface area contributed by atoms with Gasteiger partial charge in [0.1, 0.15) is 0 Å². The fraction of sp³-hybridized carbons (Fsp3) is 0.917. The summed E-state index contributed by atoms with van der Waals surface area (Å²) in [4.78, 5) is 11.3. The van der Waals surface area contributed by atoms with Gasteiger partial charge >= 0.3 is 0 Å². The van der Waals surface area contributed by atoms with E-state index in [-0.39, 0.29) is 11.9 Å². The Balaban J connectivity index is 3.20. The molecule has 0 aromatic carbocycles. The molecule has 1 unspecified atom stereocenters. The molecule has 0 aliphatic heterocycles. The van der Waals surface area contributed by atoms with Gasteiger partial charge in [0, 0.05) is 6.54 Å². The fourth-order valence-electron chi connectivity index (χ4n) is 1.43. The van der Waals surface area contributed by atoms with Crippen molar-refractivity contribution in [2.45, 2.75) is 64.8 Å². The van der Waals surface area contributed by atoms with Gasteiger partial charge in [-0.05, 0) is 12.8 Å². The summed E-state index contributed by atoms with van der Waals surface area (Å²) in [7, 11) is 0. The molecule has 0 aromatic rings. The SMILES string of the molecule is CCCCCCCCNC(=O)C(N)CC. The van der Waals surface area contributed by atoms with E-state index in [2.05, 4.69) is 12.2 Å². The molecule has 0 radical (unpaired) electrons. The zero-order valence-corrected chi connectivity index (χ0v) is 10.2. The Labute approximate surface area is 93.8 Å². The summed E-state index contributed by atoms with van der Waals surface area (Å²) in [5.74, 6) is -0.00828. The highest BCUT2D eigenvalue weighted by molar-refractivity contribution is 5.81. The van der Waals surface area contributed by atoms with Gasteiger partial charge in [0.05, 0.1) is 6.04 Å². The molecule has 3 nitrogen and oxygen atoms in total. The molecule has 3 heteroatoms. The highest BCUT2D eigenvalue weighted by Gasteiger charge is 2.08. The van der Waals surface area contributed by atoms with Crippen LogP contribution in [-0.4, -0.2) is 18.5 Å². The van der Waals surface area contributed by atoms with Gasteiger partial charge in [0.25, 0.3) is 0 Å². The minimum atomic E-state index is -0.329. The molecule has 0 bridgehead atoms. The minimum absolute atomic E-state index is 0.00828. The molecule has 0 heterocycles. The maximum atomic E-state index is 11.3. The lowest BCUT2D eigenvalue weighted by Gasteiger charge is -2.09. The number of hydrogen-bond acceptors (Lipinski definition) is 2. The Bertz CT molecular complexity index is 160. The van der Waals surface area contributed by atoms with Gasteiger partial charge in [-0.15, -0.1) is 0 Å². The van der Waals surface area contributed by atoms with Crippen molar-refractivity contribution in [3.8, 4) is 0 Å². The normalized spacial score (nSPS) is 12.5. The van der Waals surface area contributed by atoms with Crippen LogP contribution in [0.25, 0.3) is 0 Å². The Morgan fingerprint density at radius 2 is 1.73 bits per heavy atom. The molecular formula is C12H26N2O. The van der Waals surface area contributed by atoms with Crippen LogP contribution in [0.15, 0.2) is 0 Å². The summed E-state index contributed by atoms with van der Waals surface area (Å²) in [6.07, 6.45) is 8.20. The van der Waals surface area contributed by atoms with Crippen LogP contribution < -0.4 is 11.1 Å². The zero-order chi connectivity index (χ0) is 11.5. The number of nitrogens with one attached hydrogen (secondary N) is 1. The van der Waals surface area contributed by atoms with Crippen molar-refractivity contribution in [3.05, 3.63) is 0 Å². The summed E-state index contributed by atoms with van der Waals surface area (Å²) in [6, 6.07) is -0.329. The largest absolute Gasteiger partial charge is 0.355 e. The number of nitrogens with two attached hydrogens (primary N) is 1. The first-order valence-corrected chi connectivity index (χ1v) is 6.25. The van der Waals surface area contributed by atoms with E-state index in [1.54, 1.807) is 0 Å². The first kappa shape index (κ1) is 14.4. The van der Waals surface area contributed by atoms with E-state index >= 15 is 0 Å². The van der Waals surface area contributed by atoms with E-state index in [1.807, 2.05) is 6.92 Å². The molecule has 1 atom stereocenters. The smallest absolute Gasteiger partial charge is 0.236 e.